The van der Waals surface area contributed by atoms with Crippen LogP contribution in [0.2, 0.25) is 0 Å². The van der Waals surface area contributed by atoms with E-state index < -0.39 is 0 Å². The van der Waals surface area contributed by atoms with Crippen molar-refractivity contribution < 1.29 is 0 Å². The third-order valence-electron chi connectivity index (χ3n) is 4.39. The molecule has 0 aliphatic rings. The van der Waals surface area contributed by atoms with E-state index in [4.69, 9.17) is 0 Å². The summed E-state index contributed by atoms with van der Waals surface area (Å²) in [4.78, 5) is 3.62. The summed E-state index contributed by atoms with van der Waals surface area (Å²) in [5, 5.41) is 2.53. The van der Waals surface area contributed by atoms with Gasteiger partial charge in [0.05, 0.1) is 0 Å². The van der Waals surface area contributed by atoms with Crippen LogP contribution in [0.1, 0.15) is 52.7 Å². The fourth-order valence-corrected chi connectivity index (χ4v) is 4.97. The molecule has 0 fully saturated rings. The largest absolute Gasteiger partial charge is 0.354 e. The summed E-state index contributed by atoms with van der Waals surface area (Å²) in [6, 6.07) is 9.06. The molecule has 0 atom stereocenters. The Balaban J connectivity index is 2.35. The van der Waals surface area contributed by atoms with E-state index in [-0.39, 0.29) is 10.8 Å². The van der Waals surface area contributed by atoms with Crippen molar-refractivity contribution >= 4 is 53.7 Å². The third-order valence-corrected chi connectivity index (χ3v) is 5.70. The minimum absolute atomic E-state index is 0.113. The molecule has 0 bridgehead atoms. The van der Waals surface area contributed by atoms with Crippen LogP contribution >= 0.6 is 31.9 Å². The SMILES string of the molecule is CC(C)(C)c1cc2[nH]c3cc(C(C)(C)C)c(Br)cc3c2cc1Br. The molecule has 0 aliphatic heterocycles. The van der Waals surface area contributed by atoms with Gasteiger partial charge in [-0.25, -0.2) is 0 Å². The molecule has 1 aromatic heterocycles. The van der Waals surface area contributed by atoms with Crippen molar-refractivity contribution in [1.82, 2.24) is 4.98 Å². The van der Waals surface area contributed by atoms with Gasteiger partial charge in [0.15, 0.2) is 0 Å². The number of benzene rings is 2. The first-order valence-corrected chi connectivity index (χ1v) is 9.52. The van der Waals surface area contributed by atoms with E-state index >= 15 is 0 Å². The van der Waals surface area contributed by atoms with Crippen molar-refractivity contribution in [1.29, 1.82) is 0 Å². The van der Waals surface area contributed by atoms with Gasteiger partial charge in [-0.1, -0.05) is 73.4 Å². The van der Waals surface area contributed by atoms with Crippen LogP contribution in [0.15, 0.2) is 33.2 Å². The molecule has 1 heterocycles. The molecule has 0 amide bonds. The molecule has 0 spiro atoms. The molecular formula is C20H23Br2N. The lowest BCUT2D eigenvalue weighted by Gasteiger charge is -2.21. The molecule has 122 valence electrons. The normalized spacial score (nSPS) is 13.2. The lowest BCUT2D eigenvalue weighted by atomic mass is 9.86. The molecular weight excluding hydrogens is 414 g/mol. The van der Waals surface area contributed by atoms with Crippen molar-refractivity contribution in [2.75, 3.05) is 0 Å². The predicted octanol–water partition coefficient (Wildman–Crippen LogP) is 7.44. The van der Waals surface area contributed by atoms with E-state index in [1.54, 1.807) is 0 Å². The van der Waals surface area contributed by atoms with Crippen molar-refractivity contribution in [3.8, 4) is 0 Å². The lowest BCUT2D eigenvalue weighted by Crippen LogP contribution is -2.11. The van der Waals surface area contributed by atoms with Crippen molar-refractivity contribution in [2.24, 2.45) is 0 Å². The number of aromatic nitrogens is 1. The van der Waals surface area contributed by atoms with Gasteiger partial charge in [0.2, 0.25) is 0 Å². The molecule has 0 radical (unpaired) electrons. The zero-order valence-electron chi connectivity index (χ0n) is 14.6. The highest BCUT2D eigenvalue weighted by Crippen LogP contribution is 2.39. The fourth-order valence-electron chi connectivity index (χ4n) is 3.09. The lowest BCUT2D eigenvalue weighted by molar-refractivity contribution is 0.588. The van der Waals surface area contributed by atoms with Gasteiger partial charge in [-0.3, -0.25) is 0 Å². The topological polar surface area (TPSA) is 15.8 Å². The molecule has 2 aromatic carbocycles. The van der Waals surface area contributed by atoms with Crippen LogP contribution < -0.4 is 0 Å². The predicted molar refractivity (Wildman–Crippen MR) is 109 cm³/mol. The zero-order chi connectivity index (χ0) is 17.2. The van der Waals surface area contributed by atoms with Gasteiger partial charge in [-0.05, 0) is 46.2 Å². The fraction of sp³-hybridized carbons (Fsp3) is 0.400. The summed E-state index contributed by atoms with van der Waals surface area (Å²) in [5.41, 5.74) is 5.28. The second-order valence-corrected chi connectivity index (χ2v) is 10.1. The van der Waals surface area contributed by atoms with E-state index in [1.165, 1.54) is 41.9 Å². The van der Waals surface area contributed by atoms with Gasteiger partial charge < -0.3 is 4.98 Å². The molecule has 1 nitrogen and oxygen atoms in total. The maximum atomic E-state index is 3.76. The van der Waals surface area contributed by atoms with Crippen LogP contribution in [0.4, 0.5) is 0 Å². The molecule has 0 unspecified atom stereocenters. The standard InChI is InChI=1S/C20H23Br2N/c1-19(2,3)13-9-17-11(7-15(13)21)12-8-16(22)14(20(4,5)6)10-18(12)23-17/h7-10,23H,1-6H3. The molecule has 3 heteroatoms. The highest BCUT2D eigenvalue weighted by molar-refractivity contribution is 9.10. The van der Waals surface area contributed by atoms with Crippen molar-refractivity contribution in [3.63, 3.8) is 0 Å². The minimum Gasteiger partial charge on any atom is -0.354 e. The maximum absolute atomic E-state index is 3.76. The van der Waals surface area contributed by atoms with Gasteiger partial charge >= 0.3 is 0 Å². The van der Waals surface area contributed by atoms with Gasteiger partial charge in [0, 0.05) is 30.8 Å². The van der Waals surface area contributed by atoms with Crippen molar-refractivity contribution in [2.45, 2.75) is 52.4 Å². The monoisotopic (exact) mass is 435 g/mol. The Bertz CT molecular complexity index is 831. The Labute approximate surface area is 155 Å². The number of H-pyrrole nitrogens is 1. The quantitative estimate of drug-likeness (QED) is 0.376. The second kappa shape index (κ2) is 5.35. The van der Waals surface area contributed by atoms with Crippen LogP contribution in [0.3, 0.4) is 0 Å². The van der Waals surface area contributed by atoms with Crippen LogP contribution in [0.5, 0.6) is 0 Å². The van der Waals surface area contributed by atoms with E-state index in [1.807, 2.05) is 0 Å². The Morgan fingerprint density at radius 3 is 1.30 bits per heavy atom. The molecule has 0 saturated heterocycles. The molecule has 0 aliphatic carbocycles. The van der Waals surface area contributed by atoms with Gasteiger partial charge in [-0.15, -0.1) is 0 Å². The number of rotatable bonds is 0. The summed E-state index contributed by atoms with van der Waals surface area (Å²) in [7, 11) is 0. The van der Waals surface area contributed by atoms with Crippen LogP contribution in [0, 0.1) is 0 Å². The summed E-state index contributed by atoms with van der Waals surface area (Å²) in [5.74, 6) is 0. The van der Waals surface area contributed by atoms with Gasteiger partial charge in [-0.2, -0.15) is 0 Å². The minimum atomic E-state index is 0.113. The Kier molecular flexibility index (Phi) is 3.97. The van der Waals surface area contributed by atoms with E-state index in [2.05, 4.69) is 103 Å². The molecule has 3 aromatic rings. The summed E-state index contributed by atoms with van der Waals surface area (Å²) < 4.78 is 2.35. The molecule has 1 N–H and O–H groups in total. The van der Waals surface area contributed by atoms with Gasteiger partial charge in [0.1, 0.15) is 0 Å². The number of halogens is 2. The highest BCUT2D eigenvalue weighted by Gasteiger charge is 2.21. The summed E-state index contributed by atoms with van der Waals surface area (Å²) in [6.07, 6.45) is 0. The van der Waals surface area contributed by atoms with Crippen molar-refractivity contribution in [3.05, 3.63) is 44.3 Å². The highest BCUT2D eigenvalue weighted by atomic mass is 79.9. The molecule has 0 saturated carbocycles. The first-order valence-electron chi connectivity index (χ1n) is 7.94. The van der Waals surface area contributed by atoms with Crippen LogP contribution in [-0.4, -0.2) is 4.98 Å². The summed E-state index contributed by atoms with van der Waals surface area (Å²) in [6.45, 7) is 13.5. The van der Waals surface area contributed by atoms with E-state index in [0.717, 1.165) is 0 Å². The smallest absolute Gasteiger partial charge is 0.0468 e. The van der Waals surface area contributed by atoms with Crippen LogP contribution in [-0.2, 0) is 10.8 Å². The Hall–Kier alpha value is -0.800. The Morgan fingerprint density at radius 1 is 0.652 bits per heavy atom. The average Bonchev–Trinajstić information content (AvgIpc) is 2.72. The number of fused-ring (bicyclic) bond motifs is 3. The van der Waals surface area contributed by atoms with E-state index in [9.17, 15) is 0 Å². The second-order valence-electron chi connectivity index (χ2n) is 8.38. The third kappa shape index (κ3) is 2.98. The number of aromatic amines is 1. The summed E-state index contributed by atoms with van der Waals surface area (Å²) >= 11 is 7.53. The molecule has 23 heavy (non-hydrogen) atoms. The van der Waals surface area contributed by atoms with Crippen LogP contribution in [0.25, 0.3) is 21.8 Å². The molecule has 3 rings (SSSR count). The first-order chi connectivity index (χ1) is 10.5. The maximum Gasteiger partial charge on any atom is 0.0468 e. The van der Waals surface area contributed by atoms with Gasteiger partial charge in [0.25, 0.3) is 0 Å². The zero-order valence-corrected chi connectivity index (χ0v) is 17.7. The number of nitrogens with one attached hydrogen (secondary N) is 1. The first kappa shape index (κ1) is 17.0. The average molecular weight is 437 g/mol. The Morgan fingerprint density at radius 2 is 1.00 bits per heavy atom. The van der Waals surface area contributed by atoms with E-state index in [0.29, 0.717) is 0 Å². The number of hydrogen-bond acceptors (Lipinski definition) is 0. The number of hydrogen-bond donors (Lipinski definition) is 1.